The van der Waals surface area contributed by atoms with E-state index in [1.54, 1.807) is 0 Å². The number of aliphatic hydroxyl groups excluding tert-OH is 9. The minimum absolute atomic E-state index is 0.00911. The zero-order valence-electron chi connectivity index (χ0n) is 58.1. The van der Waals surface area contributed by atoms with Crippen molar-refractivity contribution in [3.63, 3.8) is 0 Å². The van der Waals surface area contributed by atoms with Crippen LogP contribution in [0.5, 0.6) is 0 Å². The van der Waals surface area contributed by atoms with Crippen LogP contribution < -0.4 is 37.2 Å². The summed E-state index contributed by atoms with van der Waals surface area (Å²) in [5.74, 6) is -2.21. The molecule has 3 rings (SSSR count). The summed E-state index contributed by atoms with van der Waals surface area (Å²) >= 11 is 0. The van der Waals surface area contributed by atoms with Crippen LogP contribution in [0, 0.1) is 0 Å². The number of hydrogen-bond acceptors (Lipinski definition) is 31. The predicted molar refractivity (Wildman–Crippen MR) is 344 cm³/mol. The zero-order valence-corrected chi connectivity index (χ0v) is 58.1. The second-order valence-corrected chi connectivity index (χ2v) is 24.7. The van der Waals surface area contributed by atoms with Crippen molar-refractivity contribution in [3.05, 3.63) is 0 Å². The van der Waals surface area contributed by atoms with Gasteiger partial charge in [0.2, 0.25) is 35.4 Å². The summed E-state index contributed by atoms with van der Waals surface area (Å²) in [6.45, 7) is 12.2. The lowest BCUT2D eigenvalue weighted by Crippen LogP contribution is -2.64. The van der Waals surface area contributed by atoms with E-state index in [9.17, 15) is 74.7 Å². The summed E-state index contributed by atoms with van der Waals surface area (Å²) in [6.07, 6.45) is -14.2. The topological polar surface area (TPSA) is 507 Å². The van der Waals surface area contributed by atoms with Crippen LogP contribution in [-0.2, 0) is 99.8 Å². The molecule has 3 aliphatic heterocycles. The Balaban J connectivity index is 1.38. The Morgan fingerprint density at radius 3 is 0.919 bits per heavy atom. The summed E-state index contributed by atoms with van der Waals surface area (Å²) in [5.41, 5.74) is -1.45. The van der Waals surface area contributed by atoms with Gasteiger partial charge in [-0.1, -0.05) is 0 Å². The quantitative estimate of drug-likeness (QED) is 0.0252. The van der Waals surface area contributed by atoms with E-state index < -0.39 is 141 Å². The lowest BCUT2D eigenvalue weighted by atomic mass is 9.81. The van der Waals surface area contributed by atoms with Gasteiger partial charge in [-0.05, 0) is 40.0 Å². The first kappa shape index (κ1) is 89.0. The van der Waals surface area contributed by atoms with Crippen LogP contribution in [0.4, 0.5) is 0 Å². The second-order valence-electron chi connectivity index (χ2n) is 24.7. The molecule has 3 saturated heterocycles. The molecule has 0 spiro atoms. The molecule has 0 aromatic rings. The summed E-state index contributed by atoms with van der Waals surface area (Å²) in [6, 6.07) is -3.20. The Morgan fingerprint density at radius 2 is 0.636 bits per heavy atom. The molecule has 0 saturated carbocycles. The van der Waals surface area contributed by atoms with E-state index in [1.807, 2.05) is 20.8 Å². The van der Waals surface area contributed by atoms with Crippen LogP contribution in [-0.4, -0.2) is 363 Å². The largest absolute Gasteiger partial charge is 0.394 e. The number of carbonyl (C=O) groups excluding carboxylic acids is 6. The molecule has 99 heavy (non-hydrogen) atoms. The molecule has 16 unspecified atom stereocenters. The van der Waals surface area contributed by atoms with Gasteiger partial charge in [0.1, 0.15) is 73.1 Å². The monoisotopic (exact) mass is 1440 g/mol. The van der Waals surface area contributed by atoms with Crippen molar-refractivity contribution in [2.24, 2.45) is 0 Å². The Hall–Kier alpha value is -4.18. The van der Waals surface area contributed by atoms with Gasteiger partial charge in [0.15, 0.2) is 18.9 Å². The van der Waals surface area contributed by atoms with Crippen molar-refractivity contribution in [2.75, 3.05) is 178 Å². The molecule has 16 N–H and O–H groups in total. The minimum Gasteiger partial charge on any atom is -0.394 e. The highest BCUT2D eigenvalue weighted by Crippen LogP contribution is 2.29. The fourth-order valence-corrected chi connectivity index (χ4v) is 10.7. The van der Waals surface area contributed by atoms with Crippen LogP contribution in [0.25, 0.3) is 0 Å². The summed E-state index contributed by atoms with van der Waals surface area (Å²) in [4.78, 5) is 75.1. The Bertz CT molecular complexity index is 2220. The van der Waals surface area contributed by atoms with Gasteiger partial charge < -0.3 is 154 Å². The maximum absolute atomic E-state index is 13.7. The first-order valence-corrected chi connectivity index (χ1v) is 33.7. The molecular formula is C62H115N7O30. The fraction of sp³-hybridized carbons (Fsp3) is 0.903. The molecule has 6 amide bonds. The zero-order chi connectivity index (χ0) is 73.0. The van der Waals surface area contributed by atoms with E-state index >= 15 is 0 Å². The smallest absolute Gasteiger partial charge is 0.221 e. The number of rotatable bonds is 55. The van der Waals surface area contributed by atoms with Gasteiger partial charge in [-0.25, -0.2) is 0 Å². The summed E-state index contributed by atoms with van der Waals surface area (Å²) in [5, 5.41) is 110. The predicted octanol–water partition coefficient (Wildman–Crippen LogP) is -7.17. The fourth-order valence-electron chi connectivity index (χ4n) is 10.7. The van der Waals surface area contributed by atoms with Crippen molar-refractivity contribution in [1.29, 1.82) is 0 Å². The minimum atomic E-state index is -1.43. The van der Waals surface area contributed by atoms with E-state index in [1.165, 1.54) is 20.8 Å². The summed E-state index contributed by atoms with van der Waals surface area (Å²) in [7, 11) is 0. The molecule has 37 nitrogen and oxygen atoms in total. The number of hydrogen-bond donors (Lipinski definition) is 16. The summed E-state index contributed by atoms with van der Waals surface area (Å²) < 4.78 is 83.7. The van der Waals surface area contributed by atoms with Crippen molar-refractivity contribution in [3.8, 4) is 0 Å². The van der Waals surface area contributed by atoms with Crippen LogP contribution in [0.2, 0.25) is 0 Å². The van der Waals surface area contributed by atoms with Crippen LogP contribution >= 0.6 is 0 Å². The van der Waals surface area contributed by atoms with Crippen LogP contribution in [0.15, 0.2) is 0 Å². The van der Waals surface area contributed by atoms with Crippen LogP contribution in [0.1, 0.15) is 80.1 Å². The number of carbonyl (C=O) groups is 6. The molecule has 3 fully saturated rings. The number of nitrogens with one attached hydrogen (secondary N) is 7. The van der Waals surface area contributed by atoms with E-state index in [4.69, 9.17) is 71.1 Å². The Kier molecular flexibility index (Phi) is 45.9. The molecule has 0 radical (unpaired) electrons. The lowest BCUT2D eigenvalue weighted by Gasteiger charge is -2.42. The molecule has 37 heteroatoms. The van der Waals surface area contributed by atoms with E-state index in [-0.39, 0.29) is 202 Å². The average molecular weight is 1440 g/mol. The van der Waals surface area contributed by atoms with Crippen molar-refractivity contribution < 1.29 is 146 Å². The molecule has 578 valence electrons. The van der Waals surface area contributed by atoms with Gasteiger partial charge in [-0.2, -0.15) is 0 Å². The van der Waals surface area contributed by atoms with Gasteiger partial charge in [0.05, 0.1) is 159 Å². The normalized spacial score (nSPS) is 26.3. The highest BCUT2D eigenvalue weighted by molar-refractivity contribution is 5.79. The Labute approximate surface area is 578 Å². The van der Waals surface area contributed by atoms with Gasteiger partial charge in [0.25, 0.3) is 0 Å². The number of amides is 6. The molecule has 0 aromatic heterocycles. The molecule has 3 aliphatic rings. The average Bonchev–Trinajstić information content (AvgIpc) is 0.830. The molecule has 0 bridgehead atoms. The van der Waals surface area contributed by atoms with Gasteiger partial charge in [-0.15, -0.1) is 0 Å². The Morgan fingerprint density at radius 1 is 0.364 bits per heavy atom. The van der Waals surface area contributed by atoms with Crippen molar-refractivity contribution in [1.82, 2.24) is 37.2 Å². The maximum Gasteiger partial charge on any atom is 0.221 e. The van der Waals surface area contributed by atoms with Gasteiger partial charge in [-0.3, -0.25) is 28.8 Å². The molecule has 0 aliphatic carbocycles. The third kappa shape index (κ3) is 37.2. The first-order valence-electron chi connectivity index (χ1n) is 33.7. The number of ether oxygens (including phenoxy) is 15. The van der Waals surface area contributed by atoms with E-state index in [0.29, 0.717) is 12.8 Å². The SMILES string of the molecule is CC(=O)NC1C(OCCOCCOCCOCCNC(=O)CCCC(CCC(=O)NCCOCCOCCOCCOC2OC(CO)C(O)C(O)C2NC(C)=O)(CC(=O)NCCOCCOCCOCCOC2OC(CO)C(O)C(O)C2NC(C)=O)NC(C)(C)C)OC(CO)C(O)C1O. The van der Waals surface area contributed by atoms with Gasteiger partial charge >= 0.3 is 0 Å². The molecule has 16 atom stereocenters. The van der Waals surface area contributed by atoms with Crippen LogP contribution in [0.3, 0.4) is 0 Å². The van der Waals surface area contributed by atoms with E-state index in [0.717, 1.165) is 0 Å². The standard InChI is InChI=1S/C62H115N7O30/c1-40(73)66-49-55(82)52(79)43(37-70)97-58(49)94-33-30-91-27-24-88-21-18-85-15-12-63-46(76)8-7-10-62(69-61(4,5)6,36-48(78)65-14-17-87-20-23-90-26-29-93-32-35-96-60-51(68-42(3)75)57(84)54(81)45(39-72)99-60)11-9-47(77)64-13-16-86-19-22-89-25-28-92-31-34-95-59-50(67-41(2)74)56(83)53(80)44(38-71)98-59/h43-45,49-60,69-72,79-84H,7-39H2,1-6H3,(H,63,76)(H,64,77)(H,65,78)(H,66,73)(H,67,74)(H,68,75). The highest BCUT2D eigenvalue weighted by atomic mass is 16.7. The molecule has 0 aromatic carbocycles. The first-order chi connectivity index (χ1) is 47.3. The van der Waals surface area contributed by atoms with E-state index in [2.05, 4.69) is 37.2 Å². The van der Waals surface area contributed by atoms with Crippen molar-refractivity contribution in [2.45, 2.75) is 183 Å². The lowest BCUT2D eigenvalue weighted by molar-refractivity contribution is -0.272. The third-order valence-corrected chi connectivity index (χ3v) is 15.2. The molecule has 3 heterocycles. The second kappa shape index (κ2) is 51.1. The third-order valence-electron chi connectivity index (χ3n) is 15.2. The maximum atomic E-state index is 13.7. The molecular weight excluding hydrogens is 1320 g/mol. The van der Waals surface area contributed by atoms with Crippen molar-refractivity contribution >= 4 is 35.4 Å². The number of aliphatic hydroxyl groups is 9. The highest BCUT2D eigenvalue weighted by Gasteiger charge is 2.48. The van der Waals surface area contributed by atoms with Gasteiger partial charge in [0, 0.05) is 70.7 Å².